The van der Waals surface area contributed by atoms with Crippen molar-refractivity contribution in [1.29, 1.82) is 0 Å². The Balaban J connectivity index is 1.78. The number of hydrogen-bond donors (Lipinski definition) is 2. The summed E-state index contributed by atoms with van der Waals surface area (Å²) in [5.41, 5.74) is 2.37. The largest absolute Gasteiger partial charge is 0.392 e. The summed E-state index contributed by atoms with van der Waals surface area (Å²) in [6, 6.07) is 18.4. The minimum absolute atomic E-state index is 0.0339. The van der Waals surface area contributed by atoms with Gasteiger partial charge in [-0.1, -0.05) is 42.5 Å². The molecule has 0 spiro atoms. The van der Waals surface area contributed by atoms with E-state index in [4.69, 9.17) is 5.11 Å². The van der Waals surface area contributed by atoms with E-state index >= 15 is 0 Å². The minimum atomic E-state index is -0.184. The van der Waals surface area contributed by atoms with Crippen molar-refractivity contribution in [3.63, 3.8) is 0 Å². The lowest BCUT2D eigenvalue weighted by Gasteiger charge is -2.19. The number of carbonyl (C=O) groups is 1. The van der Waals surface area contributed by atoms with Crippen LogP contribution in [0.4, 0.5) is 0 Å². The Morgan fingerprint density at radius 3 is 2.46 bits per heavy atom. The van der Waals surface area contributed by atoms with Crippen LogP contribution in [0, 0.1) is 0 Å². The van der Waals surface area contributed by atoms with E-state index < -0.39 is 0 Å². The van der Waals surface area contributed by atoms with Crippen molar-refractivity contribution in [3.8, 4) is 0 Å². The van der Waals surface area contributed by atoms with Crippen LogP contribution in [0.15, 0.2) is 73.1 Å². The van der Waals surface area contributed by atoms with E-state index in [9.17, 15) is 4.79 Å². The zero-order chi connectivity index (χ0) is 16.8. The highest BCUT2D eigenvalue weighted by Crippen LogP contribution is 2.16. The van der Waals surface area contributed by atoms with Crippen LogP contribution in [0.1, 0.15) is 27.5 Å². The zero-order valence-electron chi connectivity index (χ0n) is 13.2. The molecule has 3 aromatic rings. The quantitative estimate of drug-likeness (QED) is 0.733. The van der Waals surface area contributed by atoms with Gasteiger partial charge in [0.25, 0.3) is 5.91 Å². The third-order valence-corrected chi connectivity index (χ3v) is 3.83. The highest BCUT2D eigenvalue weighted by atomic mass is 16.3. The van der Waals surface area contributed by atoms with Crippen LogP contribution < -0.4 is 5.32 Å². The van der Waals surface area contributed by atoms with E-state index in [0.717, 1.165) is 11.1 Å². The second-order valence-electron chi connectivity index (χ2n) is 5.52. The molecule has 5 nitrogen and oxygen atoms in total. The highest BCUT2D eigenvalue weighted by Gasteiger charge is 2.16. The first-order valence-electron chi connectivity index (χ1n) is 7.79. The fraction of sp³-hybridized carbons (Fsp3) is 0.158. The van der Waals surface area contributed by atoms with Gasteiger partial charge >= 0.3 is 0 Å². The number of carbonyl (C=O) groups excluding carboxylic acids is 1. The molecule has 1 atom stereocenters. The van der Waals surface area contributed by atoms with Crippen molar-refractivity contribution in [1.82, 2.24) is 15.1 Å². The predicted octanol–water partition coefficient (Wildman–Crippen LogP) is 2.55. The molecule has 24 heavy (non-hydrogen) atoms. The fourth-order valence-electron chi connectivity index (χ4n) is 2.52. The molecule has 0 saturated carbocycles. The molecule has 1 heterocycles. The van der Waals surface area contributed by atoms with Gasteiger partial charge in [-0.15, -0.1) is 0 Å². The molecule has 0 aliphatic carbocycles. The first-order valence-corrected chi connectivity index (χ1v) is 7.79. The van der Waals surface area contributed by atoms with Crippen LogP contribution in [0.3, 0.4) is 0 Å². The SMILES string of the molecule is O=C(N[C@@H](Cn1cccn1)c1ccccc1)c1ccc(CO)cc1. The molecule has 2 N–H and O–H groups in total. The normalized spacial score (nSPS) is 11.9. The molecule has 1 amide bonds. The average molecular weight is 321 g/mol. The summed E-state index contributed by atoms with van der Waals surface area (Å²) in [6.07, 6.45) is 3.59. The smallest absolute Gasteiger partial charge is 0.251 e. The standard InChI is InChI=1S/C19H19N3O2/c23-14-15-7-9-17(10-8-15)19(24)21-18(13-22-12-4-11-20-22)16-5-2-1-3-6-16/h1-12,18,23H,13-14H2,(H,21,24)/t18-/m0/s1. The van der Waals surface area contributed by atoms with E-state index in [2.05, 4.69) is 10.4 Å². The fourth-order valence-corrected chi connectivity index (χ4v) is 2.52. The molecule has 0 aliphatic rings. The molecular weight excluding hydrogens is 302 g/mol. The second-order valence-corrected chi connectivity index (χ2v) is 5.52. The number of nitrogens with zero attached hydrogens (tertiary/aromatic N) is 2. The molecule has 0 fully saturated rings. The van der Waals surface area contributed by atoms with Crippen molar-refractivity contribution in [3.05, 3.63) is 89.7 Å². The van der Waals surface area contributed by atoms with Crippen LogP contribution in [0.25, 0.3) is 0 Å². The van der Waals surface area contributed by atoms with Gasteiger partial charge in [0, 0.05) is 18.0 Å². The lowest BCUT2D eigenvalue weighted by Crippen LogP contribution is -2.31. The third-order valence-electron chi connectivity index (χ3n) is 3.83. The molecular formula is C19H19N3O2. The maximum Gasteiger partial charge on any atom is 0.251 e. The number of benzene rings is 2. The van der Waals surface area contributed by atoms with Gasteiger partial charge < -0.3 is 10.4 Å². The summed E-state index contributed by atoms with van der Waals surface area (Å²) in [6.45, 7) is 0.519. The molecule has 122 valence electrons. The van der Waals surface area contributed by atoms with Gasteiger partial charge in [-0.2, -0.15) is 5.10 Å². The highest BCUT2D eigenvalue weighted by molar-refractivity contribution is 5.94. The van der Waals surface area contributed by atoms with Crippen molar-refractivity contribution in [2.45, 2.75) is 19.2 Å². The van der Waals surface area contributed by atoms with E-state index in [1.54, 1.807) is 35.1 Å². The maximum atomic E-state index is 12.6. The van der Waals surface area contributed by atoms with Gasteiger partial charge in [0.1, 0.15) is 0 Å². The molecule has 1 aromatic heterocycles. The van der Waals surface area contributed by atoms with Crippen molar-refractivity contribution >= 4 is 5.91 Å². The third kappa shape index (κ3) is 3.88. The molecule has 5 heteroatoms. The molecule has 0 unspecified atom stereocenters. The number of nitrogens with one attached hydrogen (secondary N) is 1. The maximum absolute atomic E-state index is 12.6. The Hall–Kier alpha value is -2.92. The van der Waals surface area contributed by atoms with Crippen LogP contribution >= 0.6 is 0 Å². The molecule has 3 rings (SSSR count). The summed E-state index contributed by atoms with van der Waals surface area (Å²) >= 11 is 0. The van der Waals surface area contributed by atoms with E-state index in [1.807, 2.05) is 42.6 Å². The first kappa shape index (κ1) is 16.0. The number of aliphatic hydroxyl groups is 1. The minimum Gasteiger partial charge on any atom is -0.392 e. The Kier molecular flexibility index (Phi) is 5.03. The Morgan fingerprint density at radius 2 is 1.83 bits per heavy atom. The van der Waals surface area contributed by atoms with Gasteiger partial charge in [-0.05, 0) is 29.3 Å². The van der Waals surface area contributed by atoms with Crippen LogP contribution in [-0.2, 0) is 13.2 Å². The number of aliphatic hydroxyl groups excluding tert-OH is 1. The molecule has 0 bridgehead atoms. The number of amides is 1. The van der Waals surface area contributed by atoms with E-state index in [-0.39, 0.29) is 18.6 Å². The van der Waals surface area contributed by atoms with Crippen LogP contribution in [-0.4, -0.2) is 20.8 Å². The molecule has 0 saturated heterocycles. The van der Waals surface area contributed by atoms with Crippen molar-refractivity contribution in [2.24, 2.45) is 0 Å². The monoisotopic (exact) mass is 321 g/mol. The van der Waals surface area contributed by atoms with E-state index in [0.29, 0.717) is 12.1 Å². The van der Waals surface area contributed by atoms with Crippen molar-refractivity contribution in [2.75, 3.05) is 0 Å². The Bertz CT molecular complexity index is 768. The summed E-state index contributed by atoms with van der Waals surface area (Å²) in [7, 11) is 0. The van der Waals surface area contributed by atoms with Gasteiger partial charge in [0.15, 0.2) is 0 Å². The summed E-state index contributed by atoms with van der Waals surface area (Å²) in [5.74, 6) is -0.152. The first-order chi connectivity index (χ1) is 11.8. The summed E-state index contributed by atoms with van der Waals surface area (Å²) in [5, 5.41) is 16.4. The lowest BCUT2D eigenvalue weighted by molar-refractivity contribution is 0.0931. The number of hydrogen-bond acceptors (Lipinski definition) is 3. The van der Waals surface area contributed by atoms with Gasteiger partial charge in [0.2, 0.25) is 0 Å². The molecule has 2 aromatic carbocycles. The van der Waals surface area contributed by atoms with Crippen LogP contribution in [0.2, 0.25) is 0 Å². The second kappa shape index (κ2) is 7.57. The zero-order valence-corrected chi connectivity index (χ0v) is 13.2. The Morgan fingerprint density at radius 1 is 1.08 bits per heavy atom. The van der Waals surface area contributed by atoms with Gasteiger partial charge in [-0.3, -0.25) is 9.48 Å². The topological polar surface area (TPSA) is 67.2 Å². The molecule has 0 aliphatic heterocycles. The number of rotatable bonds is 6. The summed E-state index contributed by atoms with van der Waals surface area (Å²) in [4.78, 5) is 12.6. The Labute approximate surface area is 140 Å². The number of aromatic nitrogens is 2. The predicted molar refractivity (Wildman–Crippen MR) is 91.2 cm³/mol. The van der Waals surface area contributed by atoms with E-state index in [1.165, 1.54) is 0 Å². The molecule has 0 radical (unpaired) electrons. The lowest BCUT2D eigenvalue weighted by atomic mass is 10.1. The summed E-state index contributed by atoms with van der Waals surface area (Å²) < 4.78 is 1.80. The van der Waals surface area contributed by atoms with Gasteiger partial charge in [-0.25, -0.2) is 0 Å². The van der Waals surface area contributed by atoms with Crippen molar-refractivity contribution < 1.29 is 9.90 Å². The van der Waals surface area contributed by atoms with Crippen LogP contribution in [0.5, 0.6) is 0 Å². The average Bonchev–Trinajstić information content (AvgIpc) is 3.15. The van der Waals surface area contributed by atoms with Gasteiger partial charge in [0.05, 0.1) is 19.2 Å².